The monoisotopic (exact) mass is 420 g/mol. The van der Waals surface area contributed by atoms with Crippen molar-refractivity contribution in [1.82, 2.24) is 4.31 Å². The third-order valence-corrected chi connectivity index (χ3v) is 6.14. The van der Waals surface area contributed by atoms with Crippen molar-refractivity contribution in [3.63, 3.8) is 0 Å². The number of carbonyl (C=O) groups excluding carboxylic acids is 2. The van der Waals surface area contributed by atoms with Crippen LogP contribution in [-0.2, 0) is 19.6 Å². The fraction of sp³-hybridized carbons (Fsp3) is 0.300. The summed E-state index contributed by atoms with van der Waals surface area (Å²) in [5.41, 5.74) is 1.54. The molecule has 0 spiro atoms. The zero-order valence-electron chi connectivity index (χ0n) is 16.8. The van der Waals surface area contributed by atoms with Crippen LogP contribution in [0.5, 0.6) is 5.75 Å². The molecule has 0 heterocycles. The maximum absolute atomic E-state index is 13.1. The molecule has 1 N–H and O–H groups in total. The lowest BCUT2D eigenvalue weighted by molar-refractivity contribution is -0.116. The Balaban J connectivity index is 2.17. The molecule has 2 aromatic carbocycles. The van der Waals surface area contributed by atoms with Gasteiger partial charge in [0.2, 0.25) is 15.9 Å². The van der Waals surface area contributed by atoms with E-state index in [9.17, 15) is 18.0 Å². The van der Waals surface area contributed by atoms with Crippen LogP contribution in [0, 0.1) is 6.92 Å². The number of anilines is 1. The number of likely N-dealkylation sites (N-methyl/N-ethyl adjacent to an activating group) is 1. The molecule has 0 fully saturated rings. The minimum absolute atomic E-state index is 0.0112. The molecule has 0 saturated heterocycles. The molecular weight excluding hydrogens is 396 g/mol. The maximum atomic E-state index is 13.1. The maximum Gasteiger partial charge on any atom is 0.337 e. The van der Waals surface area contributed by atoms with E-state index in [1.165, 1.54) is 32.4 Å². The van der Waals surface area contributed by atoms with Gasteiger partial charge >= 0.3 is 5.97 Å². The Morgan fingerprint density at radius 3 is 2.28 bits per heavy atom. The van der Waals surface area contributed by atoms with E-state index in [1.807, 2.05) is 0 Å². The van der Waals surface area contributed by atoms with Crippen LogP contribution < -0.4 is 10.1 Å². The summed E-state index contributed by atoms with van der Waals surface area (Å²) in [6.07, 6.45) is 0. The molecule has 0 aliphatic carbocycles. The molecule has 2 rings (SSSR count). The first-order valence-corrected chi connectivity index (χ1v) is 10.3. The second-order valence-electron chi connectivity index (χ2n) is 6.20. The largest absolute Gasteiger partial charge is 0.495 e. The van der Waals surface area contributed by atoms with E-state index in [0.717, 1.165) is 9.87 Å². The molecule has 0 atom stereocenters. The zero-order chi connectivity index (χ0) is 21.6. The minimum atomic E-state index is -3.94. The number of hydrogen-bond donors (Lipinski definition) is 1. The Morgan fingerprint density at radius 1 is 1.07 bits per heavy atom. The Bertz CT molecular complexity index is 987. The van der Waals surface area contributed by atoms with E-state index in [2.05, 4.69) is 10.1 Å². The van der Waals surface area contributed by atoms with Crippen LogP contribution in [0.2, 0.25) is 0 Å². The number of nitrogens with zero attached hydrogens (tertiary/aromatic N) is 1. The van der Waals surface area contributed by atoms with Crippen LogP contribution >= 0.6 is 0 Å². The van der Waals surface area contributed by atoms with E-state index in [1.54, 1.807) is 38.1 Å². The second-order valence-corrected chi connectivity index (χ2v) is 8.11. The standard InChI is InChI=1S/C20H24N2O6S/c1-5-22(29(25,26)18-12-14(2)6-11-17(18)27-3)13-19(23)21-16-9-7-15(8-10-16)20(24)28-4/h6-12H,5,13H2,1-4H3,(H,21,23). The lowest BCUT2D eigenvalue weighted by Gasteiger charge is -2.21. The number of rotatable bonds is 8. The second kappa shape index (κ2) is 9.53. The van der Waals surface area contributed by atoms with Crippen LogP contribution in [-0.4, -0.2) is 51.9 Å². The summed E-state index contributed by atoms with van der Waals surface area (Å²) in [5.74, 6) is -0.779. The average Bonchev–Trinajstić information content (AvgIpc) is 2.71. The van der Waals surface area contributed by atoms with Gasteiger partial charge in [-0.25, -0.2) is 13.2 Å². The van der Waals surface area contributed by atoms with Crippen LogP contribution in [0.3, 0.4) is 0 Å². The van der Waals surface area contributed by atoms with Gasteiger partial charge in [-0.3, -0.25) is 4.79 Å². The average molecular weight is 420 g/mol. The van der Waals surface area contributed by atoms with Crippen molar-refractivity contribution in [3.05, 3.63) is 53.6 Å². The number of benzene rings is 2. The number of hydrogen-bond acceptors (Lipinski definition) is 6. The predicted molar refractivity (Wildman–Crippen MR) is 109 cm³/mol. The van der Waals surface area contributed by atoms with Crippen molar-refractivity contribution in [2.24, 2.45) is 0 Å². The molecule has 29 heavy (non-hydrogen) atoms. The highest BCUT2D eigenvalue weighted by atomic mass is 32.2. The number of ether oxygens (including phenoxy) is 2. The Morgan fingerprint density at radius 2 is 1.72 bits per heavy atom. The Kier molecular flexibility index (Phi) is 7.35. The van der Waals surface area contributed by atoms with Crippen LogP contribution in [0.4, 0.5) is 5.69 Å². The number of carbonyl (C=O) groups is 2. The summed E-state index contributed by atoms with van der Waals surface area (Å²) in [4.78, 5) is 23.9. The predicted octanol–water partition coefficient (Wildman–Crippen LogP) is 2.44. The quantitative estimate of drug-likeness (QED) is 0.658. The highest BCUT2D eigenvalue weighted by Gasteiger charge is 2.28. The van der Waals surface area contributed by atoms with E-state index in [4.69, 9.17) is 4.74 Å². The van der Waals surface area contributed by atoms with Crippen molar-refractivity contribution in [2.75, 3.05) is 32.6 Å². The van der Waals surface area contributed by atoms with Crippen LogP contribution in [0.25, 0.3) is 0 Å². The molecule has 156 valence electrons. The van der Waals surface area contributed by atoms with Gasteiger partial charge in [-0.05, 0) is 48.9 Å². The zero-order valence-corrected chi connectivity index (χ0v) is 17.6. The number of esters is 1. The van der Waals surface area contributed by atoms with Crippen molar-refractivity contribution in [3.8, 4) is 5.75 Å². The molecular formula is C20H24N2O6S. The van der Waals surface area contributed by atoms with Crippen molar-refractivity contribution in [1.29, 1.82) is 0 Å². The fourth-order valence-electron chi connectivity index (χ4n) is 2.66. The Labute approximate surface area is 170 Å². The molecule has 0 aromatic heterocycles. The molecule has 9 heteroatoms. The molecule has 1 amide bonds. The smallest absolute Gasteiger partial charge is 0.337 e. The molecule has 0 saturated carbocycles. The third-order valence-electron chi connectivity index (χ3n) is 4.20. The van der Waals surface area contributed by atoms with Crippen molar-refractivity contribution in [2.45, 2.75) is 18.7 Å². The molecule has 8 nitrogen and oxygen atoms in total. The van der Waals surface area contributed by atoms with Crippen molar-refractivity contribution < 1.29 is 27.5 Å². The van der Waals surface area contributed by atoms with Crippen LogP contribution in [0.1, 0.15) is 22.8 Å². The van der Waals surface area contributed by atoms with Gasteiger partial charge in [0.05, 0.1) is 26.3 Å². The summed E-state index contributed by atoms with van der Waals surface area (Å²) in [6, 6.07) is 10.9. The van der Waals surface area contributed by atoms with Gasteiger partial charge in [0.1, 0.15) is 10.6 Å². The highest BCUT2D eigenvalue weighted by molar-refractivity contribution is 7.89. The van der Waals surface area contributed by atoms with Gasteiger partial charge in [-0.1, -0.05) is 13.0 Å². The summed E-state index contributed by atoms with van der Waals surface area (Å²) in [7, 11) is -1.27. The first-order chi connectivity index (χ1) is 13.7. The number of sulfonamides is 1. The number of methoxy groups -OCH3 is 2. The van der Waals surface area contributed by atoms with Crippen molar-refractivity contribution >= 4 is 27.6 Å². The number of aryl methyl sites for hydroxylation is 1. The van der Waals surface area contributed by atoms with Gasteiger partial charge in [0.25, 0.3) is 0 Å². The lowest BCUT2D eigenvalue weighted by atomic mass is 10.2. The number of amides is 1. The third kappa shape index (κ3) is 5.33. The fourth-order valence-corrected chi connectivity index (χ4v) is 4.31. The Hall–Kier alpha value is -2.91. The van der Waals surface area contributed by atoms with Gasteiger partial charge in [0.15, 0.2) is 0 Å². The normalized spacial score (nSPS) is 11.2. The lowest BCUT2D eigenvalue weighted by Crippen LogP contribution is -2.38. The molecule has 0 radical (unpaired) electrons. The summed E-state index contributed by atoms with van der Waals surface area (Å²) in [6.45, 7) is 3.17. The molecule has 2 aromatic rings. The molecule has 0 aliphatic heterocycles. The van der Waals surface area contributed by atoms with Gasteiger partial charge < -0.3 is 14.8 Å². The molecule has 0 aliphatic rings. The first-order valence-electron chi connectivity index (χ1n) is 8.86. The van der Waals surface area contributed by atoms with Gasteiger partial charge in [0, 0.05) is 12.2 Å². The van der Waals surface area contributed by atoms with Gasteiger partial charge in [-0.2, -0.15) is 4.31 Å². The van der Waals surface area contributed by atoms with E-state index < -0.39 is 21.9 Å². The molecule has 0 bridgehead atoms. The highest BCUT2D eigenvalue weighted by Crippen LogP contribution is 2.27. The topological polar surface area (TPSA) is 102 Å². The minimum Gasteiger partial charge on any atom is -0.495 e. The first kappa shape index (κ1) is 22.4. The molecule has 0 unspecified atom stereocenters. The van der Waals surface area contributed by atoms with E-state index >= 15 is 0 Å². The number of nitrogens with one attached hydrogen (secondary N) is 1. The van der Waals surface area contributed by atoms with E-state index in [-0.39, 0.29) is 23.7 Å². The summed E-state index contributed by atoms with van der Waals surface area (Å²) >= 11 is 0. The van der Waals surface area contributed by atoms with E-state index in [0.29, 0.717) is 11.3 Å². The summed E-state index contributed by atoms with van der Waals surface area (Å²) < 4.78 is 37.0. The van der Waals surface area contributed by atoms with Gasteiger partial charge in [-0.15, -0.1) is 0 Å². The van der Waals surface area contributed by atoms with Crippen LogP contribution in [0.15, 0.2) is 47.4 Å². The summed E-state index contributed by atoms with van der Waals surface area (Å²) in [5, 5.41) is 2.63. The SMILES string of the molecule is CCN(CC(=O)Nc1ccc(C(=O)OC)cc1)S(=O)(=O)c1cc(C)ccc1OC.